The molecule has 0 fully saturated rings. The van der Waals surface area contributed by atoms with Crippen LogP contribution in [0.4, 0.5) is 5.69 Å². The van der Waals surface area contributed by atoms with Gasteiger partial charge in [0.05, 0.1) is 24.4 Å². The van der Waals surface area contributed by atoms with E-state index >= 15 is 0 Å². The van der Waals surface area contributed by atoms with Crippen LogP contribution in [0.1, 0.15) is 15.9 Å². The van der Waals surface area contributed by atoms with Crippen LogP contribution in [0, 0.1) is 0 Å². The third-order valence-corrected chi connectivity index (χ3v) is 3.76. The van der Waals surface area contributed by atoms with Crippen molar-refractivity contribution in [2.24, 2.45) is 0 Å². The number of ether oxygens (including phenoxy) is 1. The molecule has 3 N–H and O–H groups in total. The minimum atomic E-state index is -0.204. The fourth-order valence-electron chi connectivity index (χ4n) is 2.42. The van der Waals surface area contributed by atoms with Gasteiger partial charge in [-0.1, -0.05) is 42.5 Å². The molecule has 2 aromatic carbocycles. The van der Waals surface area contributed by atoms with E-state index in [1.165, 1.54) is 0 Å². The van der Waals surface area contributed by atoms with E-state index in [9.17, 15) is 9.59 Å². The van der Waals surface area contributed by atoms with Crippen LogP contribution < -0.4 is 16.0 Å². The Balaban J connectivity index is 1.86. The zero-order valence-electron chi connectivity index (χ0n) is 15.0. The molecule has 0 heterocycles. The summed E-state index contributed by atoms with van der Waals surface area (Å²) in [6, 6.07) is 16.9. The summed E-state index contributed by atoms with van der Waals surface area (Å²) < 4.78 is 4.91. The standard InChI is InChI=1S/C20H25N3O3/c1-26-14-13-21-15-19(24)23-18-10-6-5-9-17(18)20(25)22-12-11-16-7-3-2-4-8-16/h2-10,21H,11-15H2,1H3,(H,22,25)(H,23,24). The van der Waals surface area contributed by atoms with Gasteiger partial charge in [0.2, 0.25) is 5.91 Å². The Bertz CT molecular complexity index is 704. The molecule has 0 saturated heterocycles. The van der Waals surface area contributed by atoms with Crippen LogP contribution >= 0.6 is 0 Å². The van der Waals surface area contributed by atoms with Gasteiger partial charge in [-0.3, -0.25) is 9.59 Å². The molecule has 0 atom stereocenters. The summed E-state index contributed by atoms with van der Waals surface area (Å²) in [7, 11) is 1.61. The largest absolute Gasteiger partial charge is 0.383 e. The summed E-state index contributed by atoms with van der Waals surface area (Å²) in [6.45, 7) is 1.82. The van der Waals surface area contributed by atoms with Gasteiger partial charge < -0.3 is 20.7 Å². The number of amides is 2. The fraction of sp³-hybridized carbons (Fsp3) is 0.300. The topological polar surface area (TPSA) is 79.5 Å². The maximum Gasteiger partial charge on any atom is 0.253 e. The third kappa shape index (κ3) is 6.66. The van der Waals surface area contributed by atoms with Gasteiger partial charge in [-0.05, 0) is 24.1 Å². The number of anilines is 1. The van der Waals surface area contributed by atoms with Crippen LogP contribution in [0.2, 0.25) is 0 Å². The van der Waals surface area contributed by atoms with Gasteiger partial charge in [-0.25, -0.2) is 0 Å². The van der Waals surface area contributed by atoms with Crippen LogP contribution in [0.15, 0.2) is 54.6 Å². The number of carbonyl (C=O) groups is 2. The molecule has 0 spiro atoms. The van der Waals surface area contributed by atoms with E-state index in [0.29, 0.717) is 30.9 Å². The molecular weight excluding hydrogens is 330 g/mol. The lowest BCUT2D eigenvalue weighted by molar-refractivity contribution is -0.115. The molecule has 0 aliphatic heterocycles. The fourth-order valence-corrected chi connectivity index (χ4v) is 2.42. The van der Waals surface area contributed by atoms with Crippen LogP contribution in [0.5, 0.6) is 0 Å². The lowest BCUT2D eigenvalue weighted by Crippen LogP contribution is -2.31. The number of carbonyl (C=O) groups excluding carboxylic acids is 2. The van der Waals surface area contributed by atoms with Gasteiger partial charge >= 0.3 is 0 Å². The average Bonchev–Trinajstić information content (AvgIpc) is 2.66. The molecule has 0 unspecified atom stereocenters. The van der Waals surface area contributed by atoms with E-state index in [4.69, 9.17) is 4.74 Å². The van der Waals surface area contributed by atoms with E-state index in [1.54, 1.807) is 31.4 Å². The van der Waals surface area contributed by atoms with Gasteiger partial charge in [0.15, 0.2) is 0 Å². The smallest absolute Gasteiger partial charge is 0.253 e. The van der Waals surface area contributed by atoms with E-state index in [2.05, 4.69) is 16.0 Å². The first kappa shape index (κ1) is 19.6. The molecule has 2 aromatic rings. The van der Waals surface area contributed by atoms with Crippen LogP contribution in [-0.2, 0) is 16.0 Å². The maximum absolute atomic E-state index is 12.4. The summed E-state index contributed by atoms with van der Waals surface area (Å²) >= 11 is 0. The van der Waals surface area contributed by atoms with Crippen molar-refractivity contribution in [2.45, 2.75) is 6.42 Å². The minimum Gasteiger partial charge on any atom is -0.383 e. The molecule has 138 valence electrons. The molecule has 0 bridgehead atoms. The van der Waals surface area contributed by atoms with E-state index in [0.717, 1.165) is 12.0 Å². The zero-order chi connectivity index (χ0) is 18.6. The van der Waals surface area contributed by atoms with Crippen molar-refractivity contribution in [3.05, 3.63) is 65.7 Å². The van der Waals surface area contributed by atoms with Crippen LogP contribution in [0.25, 0.3) is 0 Å². The third-order valence-electron chi connectivity index (χ3n) is 3.76. The Hall–Kier alpha value is -2.70. The lowest BCUT2D eigenvalue weighted by atomic mass is 10.1. The normalized spacial score (nSPS) is 10.3. The number of para-hydroxylation sites is 1. The van der Waals surface area contributed by atoms with Crippen molar-refractivity contribution >= 4 is 17.5 Å². The Morgan fingerprint density at radius 1 is 0.962 bits per heavy atom. The molecule has 0 aliphatic rings. The Labute approximate surface area is 153 Å². The highest BCUT2D eigenvalue weighted by molar-refractivity contribution is 6.04. The quantitative estimate of drug-likeness (QED) is 0.568. The summed E-state index contributed by atoms with van der Waals surface area (Å²) in [5.74, 6) is -0.408. The minimum absolute atomic E-state index is 0.160. The molecule has 0 saturated carbocycles. The molecule has 2 rings (SSSR count). The van der Waals surface area contributed by atoms with E-state index in [-0.39, 0.29) is 18.4 Å². The second-order valence-corrected chi connectivity index (χ2v) is 5.75. The van der Waals surface area contributed by atoms with Gasteiger partial charge in [0.25, 0.3) is 5.91 Å². The number of methoxy groups -OCH3 is 1. The molecule has 2 amide bonds. The van der Waals surface area contributed by atoms with Crippen molar-refractivity contribution < 1.29 is 14.3 Å². The van der Waals surface area contributed by atoms with Gasteiger partial charge in [-0.2, -0.15) is 0 Å². The summed E-state index contributed by atoms with van der Waals surface area (Å²) in [5, 5.41) is 8.64. The van der Waals surface area contributed by atoms with Crippen molar-refractivity contribution in [3.8, 4) is 0 Å². The highest BCUT2D eigenvalue weighted by atomic mass is 16.5. The monoisotopic (exact) mass is 355 g/mol. The van der Waals surface area contributed by atoms with E-state index in [1.807, 2.05) is 30.3 Å². The molecule has 0 radical (unpaired) electrons. The molecule has 26 heavy (non-hydrogen) atoms. The Morgan fingerprint density at radius 2 is 1.69 bits per heavy atom. The predicted octanol–water partition coefficient (Wildman–Crippen LogP) is 1.83. The van der Waals surface area contributed by atoms with E-state index < -0.39 is 0 Å². The Morgan fingerprint density at radius 3 is 2.46 bits per heavy atom. The van der Waals surface area contributed by atoms with Crippen LogP contribution in [0.3, 0.4) is 0 Å². The van der Waals surface area contributed by atoms with Crippen molar-refractivity contribution in [1.82, 2.24) is 10.6 Å². The lowest BCUT2D eigenvalue weighted by Gasteiger charge is -2.12. The molecule has 6 heteroatoms. The van der Waals surface area contributed by atoms with Crippen molar-refractivity contribution in [2.75, 3.05) is 38.7 Å². The first-order valence-electron chi connectivity index (χ1n) is 8.61. The first-order chi connectivity index (χ1) is 12.7. The maximum atomic E-state index is 12.4. The van der Waals surface area contributed by atoms with Gasteiger partial charge in [0, 0.05) is 20.2 Å². The summed E-state index contributed by atoms with van der Waals surface area (Å²) in [6.07, 6.45) is 0.754. The van der Waals surface area contributed by atoms with Crippen molar-refractivity contribution in [3.63, 3.8) is 0 Å². The average molecular weight is 355 g/mol. The first-order valence-corrected chi connectivity index (χ1v) is 8.61. The van der Waals surface area contributed by atoms with Crippen molar-refractivity contribution in [1.29, 1.82) is 0 Å². The van der Waals surface area contributed by atoms with Gasteiger partial charge in [0.1, 0.15) is 0 Å². The number of rotatable bonds is 10. The SMILES string of the molecule is COCCNCC(=O)Nc1ccccc1C(=O)NCCc1ccccc1. The molecular formula is C20H25N3O3. The highest BCUT2D eigenvalue weighted by Gasteiger charge is 2.12. The Kier molecular flexibility index (Phi) is 8.32. The zero-order valence-corrected chi connectivity index (χ0v) is 15.0. The molecule has 6 nitrogen and oxygen atoms in total. The summed E-state index contributed by atoms with van der Waals surface area (Å²) in [4.78, 5) is 24.4. The molecule has 0 aromatic heterocycles. The second-order valence-electron chi connectivity index (χ2n) is 5.75. The predicted molar refractivity (Wildman–Crippen MR) is 102 cm³/mol. The summed E-state index contributed by atoms with van der Waals surface area (Å²) in [5.41, 5.74) is 2.12. The number of nitrogens with one attached hydrogen (secondary N) is 3. The highest BCUT2D eigenvalue weighted by Crippen LogP contribution is 2.14. The molecule has 0 aliphatic carbocycles. The number of hydrogen-bond donors (Lipinski definition) is 3. The number of benzene rings is 2. The number of hydrogen-bond acceptors (Lipinski definition) is 4. The van der Waals surface area contributed by atoms with Crippen LogP contribution in [-0.4, -0.2) is 45.2 Å². The second kappa shape index (κ2) is 11.0. The van der Waals surface area contributed by atoms with Gasteiger partial charge in [-0.15, -0.1) is 0 Å².